The predicted octanol–water partition coefficient (Wildman–Crippen LogP) is 2.70. The van der Waals surface area contributed by atoms with Crippen molar-refractivity contribution in [2.75, 3.05) is 18.6 Å². The molecule has 16 heavy (non-hydrogen) atoms. The highest BCUT2D eigenvalue weighted by molar-refractivity contribution is 7.84. The van der Waals surface area contributed by atoms with E-state index in [0.29, 0.717) is 0 Å². The van der Waals surface area contributed by atoms with Crippen molar-refractivity contribution in [3.8, 4) is 0 Å². The molecule has 1 saturated carbocycles. The number of hydrogen-bond donors (Lipinski definition) is 1. The fourth-order valence-electron chi connectivity index (χ4n) is 2.68. The molecule has 3 unspecified atom stereocenters. The van der Waals surface area contributed by atoms with Gasteiger partial charge in [0.05, 0.1) is 0 Å². The topological polar surface area (TPSA) is 29.1 Å². The molecule has 1 aliphatic carbocycles. The summed E-state index contributed by atoms with van der Waals surface area (Å²) >= 11 is 0. The molecule has 2 nitrogen and oxygen atoms in total. The van der Waals surface area contributed by atoms with Crippen LogP contribution in [0.15, 0.2) is 0 Å². The van der Waals surface area contributed by atoms with Gasteiger partial charge in [-0.1, -0.05) is 26.2 Å². The van der Waals surface area contributed by atoms with Crippen LogP contribution in [-0.4, -0.2) is 28.8 Å². The zero-order valence-corrected chi connectivity index (χ0v) is 11.7. The molecule has 1 aliphatic rings. The standard InChI is InChI=1S/C13H27NOS/c1-3-4-7-12-8-5-9-13(12)14-10-6-11-16(2)15/h12-14H,3-11H2,1-2H3. The molecule has 96 valence electrons. The maximum absolute atomic E-state index is 10.9. The van der Waals surface area contributed by atoms with E-state index < -0.39 is 10.8 Å². The van der Waals surface area contributed by atoms with Crippen LogP contribution in [0.4, 0.5) is 0 Å². The highest BCUT2D eigenvalue weighted by Gasteiger charge is 2.25. The van der Waals surface area contributed by atoms with E-state index >= 15 is 0 Å². The molecule has 0 aliphatic heterocycles. The van der Waals surface area contributed by atoms with E-state index in [1.54, 1.807) is 6.26 Å². The minimum Gasteiger partial charge on any atom is -0.314 e. The molecule has 0 aromatic heterocycles. The Morgan fingerprint density at radius 1 is 1.31 bits per heavy atom. The SMILES string of the molecule is CCCCC1CCCC1NCCCS(C)=O. The summed E-state index contributed by atoms with van der Waals surface area (Å²) in [5.41, 5.74) is 0. The van der Waals surface area contributed by atoms with Gasteiger partial charge in [0.1, 0.15) is 0 Å². The predicted molar refractivity (Wildman–Crippen MR) is 72.2 cm³/mol. The third-order valence-electron chi connectivity index (χ3n) is 3.60. The minimum absolute atomic E-state index is 0.622. The molecule has 3 atom stereocenters. The van der Waals surface area contributed by atoms with Gasteiger partial charge in [-0.05, 0) is 38.1 Å². The van der Waals surface area contributed by atoms with Crippen LogP contribution in [0, 0.1) is 5.92 Å². The average Bonchev–Trinajstić information content (AvgIpc) is 2.69. The lowest BCUT2D eigenvalue weighted by Gasteiger charge is -2.20. The van der Waals surface area contributed by atoms with E-state index in [1.807, 2.05) is 0 Å². The third-order valence-corrected chi connectivity index (χ3v) is 4.47. The first-order chi connectivity index (χ1) is 7.74. The van der Waals surface area contributed by atoms with E-state index in [-0.39, 0.29) is 0 Å². The molecule has 0 spiro atoms. The van der Waals surface area contributed by atoms with Gasteiger partial charge >= 0.3 is 0 Å². The van der Waals surface area contributed by atoms with Gasteiger partial charge in [0.25, 0.3) is 0 Å². The Labute approximate surface area is 103 Å². The Morgan fingerprint density at radius 3 is 2.81 bits per heavy atom. The maximum Gasteiger partial charge on any atom is 0.0244 e. The Kier molecular flexibility index (Phi) is 7.30. The second-order valence-electron chi connectivity index (χ2n) is 5.02. The minimum atomic E-state index is -0.622. The Balaban J connectivity index is 2.12. The van der Waals surface area contributed by atoms with Crippen LogP contribution in [0.5, 0.6) is 0 Å². The van der Waals surface area contributed by atoms with Crippen molar-refractivity contribution in [2.45, 2.75) is 57.9 Å². The molecule has 0 amide bonds. The second-order valence-corrected chi connectivity index (χ2v) is 6.58. The van der Waals surface area contributed by atoms with E-state index in [9.17, 15) is 4.21 Å². The zero-order chi connectivity index (χ0) is 11.8. The van der Waals surface area contributed by atoms with Crippen molar-refractivity contribution in [2.24, 2.45) is 5.92 Å². The molecule has 1 N–H and O–H groups in total. The van der Waals surface area contributed by atoms with Crippen molar-refractivity contribution in [1.82, 2.24) is 5.32 Å². The molecule has 0 saturated heterocycles. The molecular weight excluding hydrogens is 218 g/mol. The first kappa shape index (κ1) is 14.2. The largest absolute Gasteiger partial charge is 0.314 e. The molecule has 3 heteroatoms. The molecule has 0 aromatic carbocycles. The van der Waals surface area contributed by atoms with Crippen molar-refractivity contribution in [3.63, 3.8) is 0 Å². The molecule has 0 heterocycles. The Bertz CT molecular complexity index is 208. The highest BCUT2D eigenvalue weighted by Crippen LogP contribution is 2.29. The maximum atomic E-state index is 10.9. The fourth-order valence-corrected chi connectivity index (χ4v) is 3.23. The first-order valence-corrected chi connectivity index (χ1v) is 8.50. The summed E-state index contributed by atoms with van der Waals surface area (Å²) in [6.45, 7) is 3.32. The second kappa shape index (κ2) is 8.24. The number of hydrogen-bond acceptors (Lipinski definition) is 2. The lowest BCUT2D eigenvalue weighted by atomic mass is 9.97. The van der Waals surface area contributed by atoms with Crippen molar-refractivity contribution >= 4 is 10.8 Å². The van der Waals surface area contributed by atoms with Gasteiger partial charge in [-0.2, -0.15) is 0 Å². The summed E-state index contributed by atoms with van der Waals surface area (Å²) in [5.74, 6) is 1.76. The molecule has 0 radical (unpaired) electrons. The van der Waals surface area contributed by atoms with Crippen molar-refractivity contribution in [3.05, 3.63) is 0 Å². The molecule has 0 aromatic rings. The van der Waals surface area contributed by atoms with Gasteiger partial charge in [-0.15, -0.1) is 0 Å². The normalized spacial score (nSPS) is 27.1. The quantitative estimate of drug-likeness (QED) is 0.666. The van der Waals surface area contributed by atoms with Crippen LogP contribution in [0.3, 0.4) is 0 Å². The van der Waals surface area contributed by atoms with Gasteiger partial charge < -0.3 is 5.32 Å². The number of unbranched alkanes of at least 4 members (excludes halogenated alkanes) is 1. The van der Waals surface area contributed by atoms with E-state index in [0.717, 1.165) is 30.7 Å². The van der Waals surface area contributed by atoms with E-state index in [2.05, 4.69) is 12.2 Å². The smallest absolute Gasteiger partial charge is 0.0244 e. The summed E-state index contributed by atoms with van der Waals surface area (Å²) < 4.78 is 10.9. The van der Waals surface area contributed by atoms with Crippen LogP contribution in [0.25, 0.3) is 0 Å². The van der Waals surface area contributed by atoms with Crippen molar-refractivity contribution < 1.29 is 4.21 Å². The monoisotopic (exact) mass is 245 g/mol. The Morgan fingerprint density at radius 2 is 2.12 bits per heavy atom. The van der Waals surface area contributed by atoms with Gasteiger partial charge in [-0.25, -0.2) is 0 Å². The van der Waals surface area contributed by atoms with Crippen molar-refractivity contribution in [1.29, 1.82) is 0 Å². The lowest BCUT2D eigenvalue weighted by Crippen LogP contribution is -2.33. The van der Waals surface area contributed by atoms with Crippen LogP contribution < -0.4 is 5.32 Å². The summed E-state index contributed by atoms with van der Waals surface area (Å²) in [5, 5.41) is 3.66. The Hall–Kier alpha value is 0.110. The summed E-state index contributed by atoms with van der Waals surface area (Å²) in [7, 11) is -0.622. The summed E-state index contributed by atoms with van der Waals surface area (Å²) in [4.78, 5) is 0. The van der Waals surface area contributed by atoms with E-state index in [4.69, 9.17) is 0 Å². The third kappa shape index (κ3) is 5.44. The van der Waals surface area contributed by atoms with Crippen LogP contribution in [0.1, 0.15) is 51.9 Å². The lowest BCUT2D eigenvalue weighted by molar-refractivity contribution is 0.371. The number of rotatable bonds is 8. The summed E-state index contributed by atoms with van der Waals surface area (Å²) in [6.07, 6.45) is 11.1. The van der Waals surface area contributed by atoms with Gasteiger partial charge in [0.2, 0.25) is 0 Å². The molecular formula is C13H27NOS. The highest BCUT2D eigenvalue weighted by atomic mass is 32.2. The molecule has 1 fully saturated rings. The molecule has 1 rings (SSSR count). The summed E-state index contributed by atoms with van der Waals surface area (Å²) in [6, 6.07) is 0.747. The number of nitrogens with one attached hydrogen (secondary N) is 1. The van der Waals surface area contributed by atoms with Crippen LogP contribution in [-0.2, 0) is 10.8 Å². The van der Waals surface area contributed by atoms with Gasteiger partial charge in [0, 0.05) is 28.9 Å². The van der Waals surface area contributed by atoms with E-state index in [1.165, 1.54) is 38.5 Å². The first-order valence-electron chi connectivity index (χ1n) is 6.77. The molecule has 0 bridgehead atoms. The fraction of sp³-hybridized carbons (Fsp3) is 1.00. The van der Waals surface area contributed by atoms with Gasteiger partial charge in [0.15, 0.2) is 0 Å². The van der Waals surface area contributed by atoms with Crippen LogP contribution >= 0.6 is 0 Å². The zero-order valence-electron chi connectivity index (χ0n) is 10.8. The average molecular weight is 245 g/mol. The van der Waals surface area contributed by atoms with Crippen LogP contribution in [0.2, 0.25) is 0 Å². The van der Waals surface area contributed by atoms with Gasteiger partial charge in [-0.3, -0.25) is 4.21 Å².